The maximum Gasteiger partial charge on any atom is 0.419 e. The lowest BCUT2D eigenvalue weighted by Gasteiger charge is -2.31. The zero-order valence-electron chi connectivity index (χ0n) is 41.6. The van der Waals surface area contributed by atoms with Gasteiger partial charge in [-0.25, -0.2) is 19.4 Å². The van der Waals surface area contributed by atoms with Gasteiger partial charge in [-0.2, -0.15) is 0 Å². The Bertz CT molecular complexity index is 2440. The van der Waals surface area contributed by atoms with Crippen LogP contribution in [0.4, 0.5) is 14.4 Å². The summed E-state index contributed by atoms with van der Waals surface area (Å²) in [6.45, 7) is 18.3. The van der Waals surface area contributed by atoms with Gasteiger partial charge < -0.3 is 46.1 Å². The van der Waals surface area contributed by atoms with E-state index in [2.05, 4.69) is 42.2 Å². The molecular weight excluding hydrogens is 969 g/mol. The molecule has 5 amide bonds. The molecule has 0 spiro atoms. The monoisotopic (exact) mass is 1040 g/mol. The maximum atomic E-state index is 14.7. The number of amides is 5. The van der Waals surface area contributed by atoms with Crippen LogP contribution in [0.1, 0.15) is 105 Å². The number of aromatic nitrogens is 2. The van der Waals surface area contributed by atoms with E-state index in [4.69, 9.17) is 19.9 Å². The predicted molar refractivity (Wildman–Crippen MR) is 270 cm³/mol. The molecule has 2 aromatic carbocycles. The molecule has 0 bridgehead atoms. The summed E-state index contributed by atoms with van der Waals surface area (Å²) in [7, 11) is 1.44. The Kier molecular flexibility index (Phi) is 20.1. The molecule has 0 saturated carbocycles. The van der Waals surface area contributed by atoms with E-state index in [0.29, 0.717) is 22.9 Å². The van der Waals surface area contributed by atoms with E-state index < -0.39 is 70.9 Å². The Hall–Kier alpha value is -5.66. The van der Waals surface area contributed by atoms with Crippen LogP contribution in [0.15, 0.2) is 81.4 Å². The molecule has 4 aromatic rings. The summed E-state index contributed by atoms with van der Waals surface area (Å²) in [5, 5.41) is 13.2. The number of nitrogens with one attached hydrogen (secondary N) is 4. The SMILES string of the molecule is Cc1c(Br)cccc1Sc1ncccc1CN[C@@H](CCCNC(=O)OC(C)(C)C)C(=O)N[C@@H](CCCNC(=O)OC(C)(C)C)C(=O)N(C)[C@@H](Cc1cn(C(=O)OC(C)(C)C)c2ccccc12)C(N)=O. The van der Waals surface area contributed by atoms with Gasteiger partial charge >= 0.3 is 18.3 Å². The van der Waals surface area contributed by atoms with Gasteiger partial charge in [-0.05, 0) is 136 Å². The van der Waals surface area contributed by atoms with Crippen molar-refractivity contribution in [2.75, 3.05) is 20.1 Å². The Morgan fingerprint density at radius 3 is 1.97 bits per heavy atom. The molecule has 0 aliphatic carbocycles. The van der Waals surface area contributed by atoms with Crippen LogP contribution >= 0.6 is 27.7 Å². The van der Waals surface area contributed by atoms with Crippen molar-refractivity contribution in [1.82, 2.24) is 35.7 Å². The first-order chi connectivity index (χ1) is 32.2. The number of benzene rings is 2. The zero-order chi connectivity index (χ0) is 51.3. The third-order valence-corrected chi connectivity index (χ3v) is 12.4. The van der Waals surface area contributed by atoms with E-state index in [-0.39, 0.29) is 45.3 Å². The number of ether oxygens (including phenoxy) is 3. The molecule has 6 N–H and O–H groups in total. The summed E-state index contributed by atoms with van der Waals surface area (Å²) in [5.74, 6) is -1.94. The number of pyridine rings is 1. The van der Waals surface area contributed by atoms with E-state index >= 15 is 0 Å². The molecule has 376 valence electrons. The first-order valence-electron chi connectivity index (χ1n) is 23.0. The number of rotatable bonds is 20. The molecule has 3 atom stereocenters. The van der Waals surface area contributed by atoms with Gasteiger partial charge in [0, 0.05) is 60.3 Å². The molecule has 0 radical (unpaired) electrons. The molecule has 0 saturated heterocycles. The largest absolute Gasteiger partial charge is 0.444 e. The number of carbonyl (C=O) groups excluding carboxylic acids is 6. The minimum atomic E-state index is -1.21. The fourth-order valence-electron chi connectivity index (χ4n) is 7.07. The average Bonchev–Trinajstić information content (AvgIpc) is 3.61. The van der Waals surface area contributed by atoms with Gasteiger partial charge in [-0.1, -0.05) is 58.0 Å². The molecule has 19 heteroatoms. The topological polar surface area (TPSA) is 225 Å². The standard InChI is InChI=1S/C50H69BrN8O9S/c1-31-35(51)20-14-24-40(31)69-43-32(18-15-25-53-43)29-56-36(21-16-26-54-45(63)66-48(2,3)4)42(61)57-37(22-17-27-55-46(64)67-49(5,6)7)44(62)58(11)39(41(52)60)28-33-30-59(47(65)68-50(8,9)10)38-23-13-12-19-34(33)38/h12-15,18-20,23-25,30,36-37,39,56H,16-17,21-22,26-29H2,1-11H3,(H2,52,60)(H,54,63)(H,55,64)(H,57,61)/t36-,37-,39-/m0/s1. The van der Waals surface area contributed by atoms with Crippen molar-refractivity contribution < 1.29 is 43.0 Å². The van der Waals surface area contributed by atoms with Crippen LogP contribution < -0.4 is 27.0 Å². The van der Waals surface area contributed by atoms with Crippen LogP contribution in [-0.4, -0.2) is 106 Å². The Morgan fingerprint density at radius 1 is 0.783 bits per heavy atom. The van der Waals surface area contributed by atoms with Crippen molar-refractivity contribution >= 4 is 74.6 Å². The second-order valence-corrected chi connectivity index (χ2v) is 21.5. The molecule has 0 fully saturated rings. The van der Waals surface area contributed by atoms with Crippen molar-refractivity contribution in [3.8, 4) is 0 Å². The van der Waals surface area contributed by atoms with Gasteiger partial charge in [-0.15, -0.1) is 0 Å². The van der Waals surface area contributed by atoms with E-state index in [1.165, 1.54) is 28.3 Å². The molecule has 2 heterocycles. The van der Waals surface area contributed by atoms with Gasteiger partial charge in [0.1, 0.15) is 33.9 Å². The quantitative estimate of drug-likeness (QED) is 0.0418. The fourth-order valence-corrected chi connectivity index (χ4v) is 8.57. The van der Waals surface area contributed by atoms with Crippen LogP contribution in [0.5, 0.6) is 0 Å². The van der Waals surface area contributed by atoms with Crippen LogP contribution in [-0.2, 0) is 41.6 Å². The number of likely N-dealkylation sites (N-methyl/N-ethyl adjacent to an activating group) is 1. The zero-order valence-corrected chi connectivity index (χ0v) is 44.0. The predicted octanol–water partition coefficient (Wildman–Crippen LogP) is 8.15. The fraction of sp³-hybridized carbons (Fsp3) is 0.500. The number of primary amides is 1. The van der Waals surface area contributed by atoms with Crippen molar-refractivity contribution in [3.63, 3.8) is 0 Å². The lowest BCUT2D eigenvalue weighted by Crippen LogP contribution is -2.56. The van der Waals surface area contributed by atoms with Crippen LogP contribution in [0.3, 0.4) is 0 Å². The minimum absolute atomic E-state index is 0.0520. The van der Waals surface area contributed by atoms with Gasteiger partial charge in [0.05, 0.1) is 11.6 Å². The van der Waals surface area contributed by atoms with Crippen LogP contribution in [0.2, 0.25) is 0 Å². The maximum absolute atomic E-state index is 14.7. The summed E-state index contributed by atoms with van der Waals surface area (Å²) in [6.07, 6.45) is 2.24. The summed E-state index contributed by atoms with van der Waals surface area (Å²) >= 11 is 5.10. The number of hydrogen-bond donors (Lipinski definition) is 5. The van der Waals surface area contributed by atoms with Gasteiger partial charge in [0.25, 0.3) is 0 Å². The highest BCUT2D eigenvalue weighted by atomic mass is 79.9. The first kappa shape index (κ1) is 55.9. The molecule has 69 heavy (non-hydrogen) atoms. The number of nitrogens with zero attached hydrogens (tertiary/aromatic N) is 3. The molecule has 0 aliphatic rings. The van der Waals surface area contributed by atoms with Gasteiger partial charge in [-0.3, -0.25) is 19.0 Å². The molecule has 2 aromatic heterocycles. The highest BCUT2D eigenvalue weighted by molar-refractivity contribution is 9.10. The van der Waals surface area contributed by atoms with Crippen molar-refractivity contribution in [2.24, 2.45) is 5.73 Å². The molecule has 0 unspecified atom stereocenters. The number of para-hydroxylation sites is 1. The number of fused-ring (bicyclic) bond motifs is 1. The number of hydrogen-bond acceptors (Lipinski definition) is 12. The highest BCUT2D eigenvalue weighted by Crippen LogP contribution is 2.34. The third kappa shape index (κ3) is 18.0. The van der Waals surface area contributed by atoms with Crippen LogP contribution in [0.25, 0.3) is 10.9 Å². The number of halogens is 1. The third-order valence-electron chi connectivity index (χ3n) is 10.4. The average molecular weight is 1040 g/mol. The van der Waals surface area contributed by atoms with Crippen molar-refractivity contribution in [1.29, 1.82) is 0 Å². The lowest BCUT2D eigenvalue weighted by atomic mass is 10.0. The van der Waals surface area contributed by atoms with Crippen LogP contribution in [0, 0.1) is 6.92 Å². The molecule has 17 nitrogen and oxygen atoms in total. The first-order valence-corrected chi connectivity index (χ1v) is 24.6. The summed E-state index contributed by atoms with van der Waals surface area (Å²) < 4.78 is 18.8. The van der Waals surface area contributed by atoms with E-state index in [0.717, 1.165) is 25.5 Å². The summed E-state index contributed by atoms with van der Waals surface area (Å²) in [4.78, 5) is 87.8. The van der Waals surface area contributed by atoms with Gasteiger partial charge in [0.2, 0.25) is 17.7 Å². The lowest BCUT2D eigenvalue weighted by molar-refractivity contribution is -0.141. The number of carbonyl (C=O) groups is 6. The minimum Gasteiger partial charge on any atom is -0.444 e. The van der Waals surface area contributed by atoms with Crippen molar-refractivity contribution in [2.45, 2.75) is 153 Å². The van der Waals surface area contributed by atoms with Gasteiger partial charge in [0.15, 0.2) is 0 Å². The summed E-state index contributed by atoms with van der Waals surface area (Å²) in [6, 6.07) is 13.5. The van der Waals surface area contributed by atoms with E-state index in [1.54, 1.807) is 99.0 Å². The Balaban J connectivity index is 1.63. The normalized spacial score (nSPS) is 13.2. The Labute approximate surface area is 418 Å². The van der Waals surface area contributed by atoms with E-state index in [1.807, 2.05) is 37.3 Å². The second-order valence-electron chi connectivity index (χ2n) is 19.7. The molecular formula is C50H69BrN8O9S. The summed E-state index contributed by atoms with van der Waals surface area (Å²) in [5.41, 5.74) is 6.79. The second kappa shape index (κ2) is 24.8. The number of nitrogens with two attached hydrogens (primary N) is 1. The molecule has 0 aliphatic heterocycles. The highest BCUT2D eigenvalue weighted by Gasteiger charge is 2.34. The van der Waals surface area contributed by atoms with E-state index in [9.17, 15) is 28.8 Å². The smallest absolute Gasteiger partial charge is 0.419 e. The molecule has 4 rings (SSSR count). The number of alkyl carbamates (subject to hydrolysis) is 2. The Morgan fingerprint density at radius 2 is 1.38 bits per heavy atom. The van der Waals surface area contributed by atoms with Crippen molar-refractivity contribution in [3.05, 3.63) is 88.2 Å².